The molecule has 2 atom stereocenters. The van der Waals surface area contributed by atoms with Gasteiger partial charge in [-0.2, -0.15) is 0 Å². The molecule has 0 radical (unpaired) electrons. The maximum atomic E-state index is 12.2. The van der Waals surface area contributed by atoms with E-state index in [2.05, 4.69) is 5.32 Å². The average Bonchev–Trinajstić information content (AvgIpc) is 2.29. The van der Waals surface area contributed by atoms with Crippen molar-refractivity contribution in [3.8, 4) is 0 Å². The van der Waals surface area contributed by atoms with Crippen molar-refractivity contribution in [2.45, 2.75) is 39.2 Å². The molecule has 102 valence electrons. The summed E-state index contributed by atoms with van der Waals surface area (Å²) in [6.45, 7) is 4.40. The van der Waals surface area contributed by atoms with Crippen molar-refractivity contribution >= 4 is 17.8 Å². The van der Waals surface area contributed by atoms with Gasteiger partial charge in [-0.1, -0.05) is 0 Å². The Morgan fingerprint density at radius 2 is 2.22 bits per heavy atom. The predicted molar refractivity (Wildman–Crippen MR) is 64.8 cm³/mol. The Balaban J connectivity index is 2.61. The lowest BCUT2D eigenvalue weighted by Crippen LogP contribution is -2.48. The van der Waals surface area contributed by atoms with Gasteiger partial charge in [0.2, 0.25) is 11.8 Å². The number of piperidine rings is 1. The van der Waals surface area contributed by atoms with E-state index >= 15 is 0 Å². The van der Waals surface area contributed by atoms with Crippen LogP contribution in [0.1, 0.15) is 33.1 Å². The fourth-order valence-electron chi connectivity index (χ4n) is 2.23. The summed E-state index contributed by atoms with van der Waals surface area (Å²) in [6, 6.07) is -0.322. The molecular formula is C12H20N2O4. The van der Waals surface area contributed by atoms with Crippen LogP contribution in [0.15, 0.2) is 0 Å². The molecule has 2 N–H and O–H groups in total. The molecule has 0 aromatic rings. The number of carbonyl (C=O) groups is 3. The summed E-state index contributed by atoms with van der Waals surface area (Å²) in [7, 11) is 0. The average molecular weight is 256 g/mol. The number of rotatable bonds is 5. The lowest BCUT2D eigenvalue weighted by molar-refractivity contribution is -0.142. The number of amides is 2. The molecule has 0 saturated carbocycles. The Labute approximate surface area is 106 Å². The fourth-order valence-corrected chi connectivity index (χ4v) is 2.23. The molecule has 0 bridgehead atoms. The van der Waals surface area contributed by atoms with E-state index in [0.717, 1.165) is 0 Å². The molecule has 18 heavy (non-hydrogen) atoms. The molecule has 0 aliphatic carbocycles. The minimum absolute atomic E-state index is 0.0271. The molecule has 0 spiro atoms. The van der Waals surface area contributed by atoms with Crippen molar-refractivity contribution in [1.82, 2.24) is 10.2 Å². The number of nitrogens with zero attached hydrogens (tertiary/aromatic N) is 1. The molecule has 6 nitrogen and oxygen atoms in total. The van der Waals surface area contributed by atoms with Crippen molar-refractivity contribution in [3.05, 3.63) is 0 Å². The third-order valence-electron chi connectivity index (χ3n) is 3.24. The number of carboxylic acid groups (broad SMARTS) is 1. The second-order valence-corrected chi connectivity index (χ2v) is 4.61. The number of hydrogen-bond acceptors (Lipinski definition) is 3. The number of hydrogen-bond donors (Lipinski definition) is 2. The molecule has 0 aromatic carbocycles. The Bertz CT molecular complexity index is 333. The van der Waals surface area contributed by atoms with Crippen LogP contribution < -0.4 is 5.32 Å². The van der Waals surface area contributed by atoms with E-state index in [0.29, 0.717) is 25.9 Å². The lowest BCUT2D eigenvalue weighted by atomic mass is 9.96. The Hall–Kier alpha value is -1.59. The third-order valence-corrected chi connectivity index (χ3v) is 3.24. The van der Waals surface area contributed by atoms with Crippen molar-refractivity contribution in [2.75, 3.05) is 13.1 Å². The normalized spacial score (nSPS) is 21.0. The Morgan fingerprint density at radius 1 is 1.56 bits per heavy atom. The molecule has 2 unspecified atom stereocenters. The molecule has 6 heteroatoms. The van der Waals surface area contributed by atoms with Gasteiger partial charge >= 0.3 is 5.97 Å². The van der Waals surface area contributed by atoms with E-state index in [9.17, 15) is 14.4 Å². The molecule has 1 heterocycles. The first-order chi connectivity index (χ1) is 8.45. The Morgan fingerprint density at radius 3 is 2.67 bits per heavy atom. The molecule has 1 fully saturated rings. The Kier molecular flexibility index (Phi) is 5.12. The zero-order valence-corrected chi connectivity index (χ0v) is 10.8. The van der Waals surface area contributed by atoms with Crippen LogP contribution in [0.25, 0.3) is 0 Å². The first-order valence-electron chi connectivity index (χ1n) is 6.24. The van der Waals surface area contributed by atoms with Crippen molar-refractivity contribution in [1.29, 1.82) is 0 Å². The second kappa shape index (κ2) is 6.37. The van der Waals surface area contributed by atoms with Gasteiger partial charge < -0.3 is 15.3 Å². The molecule has 1 aliphatic heterocycles. The first-order valence-corrected chi connectivity index (χ1v) is 6.24. The number of aliphatic carboxylic acids is 1. The van der Waals surface area contributed by atoms with Crippen LogP contribution in [0.4, 0.5) is 0 Å². The van der Waals surface area contributed by atoms with E-state index in [4.69, 9.17) is 5.11 Å². The lowest BCUT2D eigenvalue weighted by Gasteiger charge is -2.32. The van der Waals surface area contributed by atoms with Crippen LogP contribution in [-0.2, 0) is 14.4 Å². The minimum Gasteiger partial charge on any atom is -0.481 e. The smallest absolute Gasteiger partial charge is 0.305 e. The summed E-state index contributed by atoms with van der Waals surface area (Å²) in [5, 5.41) is 11.4. The van der Waals surface area contributed by atoms with Gasteiger partial charge in [0.25, 0.3) is 0 Å². The van der Waals surface area contributed by atoms with E-state index < -0.39 is 5.97 Å². The van der Waals surface area contributed by atoms with Crippen molar-refractivity contribution in [3.63, 3.8) is 0 Å². The number of nitrogens with one attached hydrogen (secondary N) is 1. The monoisotopic (exact) mass is 256 g/mol. The minimum atomic E-state index is -0.911. The third kappa shape index (κ3) is 3.72. The van der Waals surface area contributed by atoms with E-state index in [1.807, 2.05) is 6.92 Å². The zero-order valence-electron chi connectivity index (χ0n) is 10.8. The SMILES string of the molecule is CCN(C(=O)C1CCC(=O)NC1)C(C)CC(=O)O. The standard InChI is InChI=1S/C12H20N2O4/c1-3-14(8(2)6-11(16)17)12(18)9-4-5-10(15)13-7-9/h8-9H,3-7H2,1-2H3,(H,13,15)(H,16,17). The van der Waals surface area contributed by atoms with E-state index in [1.165, 1.54) is 0 Å². The van der Waals surface area contributed by atoms with Crippen LogP contribution in [0.2, 0.25) is 0 Å². The summed E-state index contributed by atoms with van der Waals surface area (Å²) < 4.78 is 0. The van der Waals surface area contributed by atoms with Gasteiger partial charge in [-0.3, -0.25) is 14.4 Å². The summed E-state index contributed by atoms with van der Waals surface area (Å²) in [6.07, 6.45) is 0.848. The van der Waals surface area contributed by atoms with Gasteiger partial charge in [0, 0.05) is 25.6 Å². The van der Waals surface area contributed by atoms with Gasteiger partial charge in [0.05, 0.1) is 12.3 Å². The predicted octanol–water partition coefficient (Wildman–Crippen LogP) is 0.224. The largest absolute Gasteiger partial charge is 0.481 e. The fraction of sp³-hybridized carbons (Fsp3) is 0.750. The highest BCUT2D eigenvalue weighted by atomic mass is 16.4. The number of carbonyl (C=O) groups excluding carboxylic acids is 2. The summed E-state index contributed by atoms with van der Waals surface area (Å²) >= 11 is 0. The number of carboxylic acids is 1. The van der Waals surface area contributed by atoms with Gasteiger partial charge in [-0.05, 0) is 20.3 Å². The van der Waals surface area contributed by atoms with Crippen LogP contribution in [0.5, 0.6) is 0 Å². The molecule has 1 aliphatic rings. The van der Waals surface area contributed by atoms with E-state index in [-0.39, 0.29) is 30.2 Å². The van der Waals surface area contributed by atoms with Gasteiger partial charge in [-0.25, -0.2) is 0 Å². The highest BCUT2D eigenvalue weighted by molar-refractivity contribution is 5.84. The topological polar surface area (TPSA) is 86.7 Å². The quantitative estimate of drug-likeness (QED) is 0.737. The van der Waals surface area contributed by atoms with Crippen LogP contribution in [0, 0.1) is 5.92 Å². The van der Waals surface area contributed by atoms with Crippen LogP contribution in [-0.4, -0.2) is 46.9 Å². The van der Waals surface area contributed by atoms with Crippen LogP contribution >= 0.6 is 0 Å². The molecule has 0 aromatic heterocycles. The maximum Gasteiger partial charge on any atom is 0.305 e. The van der Waals surface area contributed by atoms with E-state index in [1.54, 1.807) is 11.8 Å². The first kappa shape index (κ1) is 14.5. The molecule has 1 saturated heterocycles. The van der Waals surface area contributed by atoms with Crippen LogP contribution in [0.3, 0.4) is 0 Å². The zero-order chi connectivity index (χ0) is 13.7. The molecule has 2 amide bonds. The van der Waals surface area contributed by atoms with Gasteiger partial charge in [-0.15, -0.1) is 0 Å². The van der Waals surface area contributed by atoms with Gasteiger partial charge in [0.15, 0.2) is 0 Å². The summed E-state index contributed by atoms with van der Waals surface area (Å²) in [4.78, 5) is 35.5. The highest BCUT2D eigenvalue weighted by Crippen LogP contribution is 2.16. The highest BCUT2D eigenvalue weighted by Gasteiger charge is 2.30. The second-order valence-electron chi connectivity index (χ2n) is 4.61. The maximum absolute atomic E-state index is 12.2. The molecular weight excluding hydrogens is 236 g/mol. The van der Waals surface area contributed by atoms with Crippen molar-refractivity contribution < 1.29 is 19.5 Å². The molecule has 1 rings (SSSR count). The van der Waals surface area contributed by atoms with Gasteiger partial charge in [0.1, 0.15) is 0 Å². The summed E-state index contributed by atoms with van der Waals surface area (Å²) in [5.74, 6) is -1.23. The summed E-state index contributed by atoms with van der Waals surface area (Å²) in [5.41, 5.74) is 0. The van der Waals surface area contributed by atoms with Crippen molar-refractivity contribution in [2.24, 2.45) is 5.92 Å².